The van der Waals surface area contributed by atoms with Crippen LogP contribution in [0.1, 0.15) is 12.5 Å². The molecule has 3 rings (SSSR count). The van der Waals surface area contributed by atoms with Gasteiger partial charge in [0.05, 0.1) is 23.8 Å². The molecule has 2 aromatic rings. The van der Waals surface area contributed by atoms with Gasteiger partial charge in [-0.05, 0) is 17.7 Å². The topological polar surface area (TPSA) is 32.3 Å². The zero-order valence-corrected chi connectivity index (χ0v) is 11.5. The van der Waals surface area contributed by atoms with Crippen molar-refractivity contribution in [1.29, 1.82) is 0 Å². The highest BCUT2D eigenvalue weighted by atomic mass is 16.2. The van der Waals surface area contributed by atoms with Gasteiger partial charge >= 0.3 is 0 Å². The van der Waals surface area contributed by atoms with E-state index >= 15 is 0 Å². The molecular formula is C17H18N2O. The minimum absolute atomic E-state index is 0.0221. The lowest BCUT2D eigenvalue weighted by Gasteiger charge is -2.24. The summed E-state index contributed by atoms with van der Waals surface area (Å²) < 4.78 is 0. The van der Waals surface area contributed by atoms with Crippen LogP contribution in [0.5, 0.6) is 0 Å². The second kappa shape index (κ2) is 5.37. The van der Waals surface area contributed by atoms with E-state index in [4.69, 9.17) is 0 Å². The summed E-state index contributed by atoms with van der Waals surface area (Å²) in [4.78, 5) is 14.5. The van der Waals surface area contributed by atoms with E-state index in [1.807, 2.05) is 54.3 Å². The fourth-order valence-electron chi connectivity index (χ4n) is 2.52. The predicted octanol–water partition coefficient (Wildman–Crippen LogP) is 3.28. The van der Waals surface area contributed by atoms with Gasteiger partial charge in [0.1, 0.15) is 0 Å². The Morgan fingerprint density at radius 2 is 1.80 bits per heavy atom. The molecule has 102 valence electrons. The smallest absolute Gasteiger partial charge is 0.231 e. The van der Waals surface area contributed by atoms with Gasteiger partial charge in [0.25, 0.3) is 0 Å². The molecule has 0 bridgehead atoms. The molecule has 20 heavy (non-hydrogen) atoms. The summed E-state index contributed by atoms with van der Waals surface area (Å²) in [6, 6.07) is 18.1. The quantitative estimate of drug-likeness (QED) is 0.904. The number of para-hydroxylation sites is 2. The fourth-order valence-corrected chi connectivity index (χ4v) is 2.52. The van der Waals surface area contributed by atoms with Crippen molar-refractivity contribution in [1.82, 2.24) is 0 Å². The number of carbonyl (C=O) groups excluding carboxylic acids is 1. The first-order chi connectivity index (χ1) is 9.75. The van der Waals surface area contributed by atoms with Crippen LogP contribution >= 0.6 is 0 Å². The molecule has 0 aliphatic carbocycles. The van der Waals surface area contributed by atoms with Gasteiger partial charge in [-0.1, -0.05) is 49.4 Å². The molecule has 0 aromatic heterocycles. The van der Waals surface area contributed by atoms with Crippen molar-refractivity contribution in [2.24, 2.45) is 5.92 Å². The van der Waals surface area contributed by atoms with Gasteiger partial charge in [-0.15, -0.1) is 0 Å². The van der Waals surface area contributed by atoms with E-state index in [0.29, 0.717) is 13.1 Å². The van der Waals surface area contributed by atoms with Gasteiger partial charge < -0.3 is 10.2 Å². The second-order valence-corrected chi connectivity index (χ2v) is 5.21. The summed E-state index contributed by atoms with van der Waals surface area (Å²) in [5.41, 5.74) is 3.14. The van der Waals surface area contributed by atoms with Gasteiger partial charge in [-0.3, -0.25) is 4.79 Å². The Hall–Kier alpha value is -2.29. The Morgan fingerprint density at radius 1 is 1.10 bits per heavy atom. The standard InChI is InChI=1S/C17H18N2O/c1-13-11-18-15-9-5-6-10-16(15)19(17(13)20)12-14-7-3-2-4-8-14/h2-10,13,18H,11-12H2,1H3/t13-/m1/s1. The molecule has 1 aliphatic rings. The summed E-state index contributed by atoms with van der Waals surface area (Å²) in [7, 11) is 0. The van der Waals surface area contributed by atoms with E-state index < -0.39 is 0 Å². The highest BCUT2D eigenvalue weighted by molar-refractivity contribution is 5.99. The molecule has 1 N–H and O–H groups in total. The first-order valence-corrected chi connectivity index (χ1v) is 6.94. The van der Waals surface area contributed by atoms with Crippen LogP contribution in [0, 0.1) is 5.92 Å². The molecule has 3 nitrogen and oxygen atoms in total. The average Bonchev–Trinajstić information content (AvgIpc) is 2.61. The molecule has 0 fully saturated rings. The van der Waals surface area contributed by atoms with Crippen molar-refractivity contribution in [3.8, 4) is 0 Å². The maximum absolute atomic E-state index is 12.6. The second-order valence-electron chi connectivity index (χ2n) is 5.21. The number of hydrogen-bond donors (Lipinski definition) is 1. The van der Waals surface area contributed by atoms with Crippen LogP contribution in [0.4, 0.5) is 11.4 Å². The molecule has 0 unspecified atom stereocenters. The summed E-state index contributed by atoms with van der Waals surface area (Å²) in [6.45, 7) is 3.27. The lowest BCUT2D eigenvalue weighted by Crippen LogP contribution is -2.34. The maximum Gasteiger partial charge on any atom is 0.231 e. The zero-order chi connectivity index (χ0) is 13.9. The number of rotatable bonds is 2. The Kier molecular flexibility index (Phi) is 3.42. The normalized spacial score (nSPS) is 18.1. The van der Waals surface area contributed by atoms with Crippen LogP contribution in [-0.2, 0) is 11.3 Å². The van der Waals surface area contributed by atoms with E-state index in [9.17, 15) is 4.79 Å². The van der Waals surface area contributed by atoms with E-state index in [1.165, 1.54) is 0 Å². The van der Waals surface area contributed by atoms with Gasteiger partial charge in [0, 0.05) is 6.54 Å². The predicted molar refractivity (Wildman–Crippen MR) is 81.7 cm³/mol. The maximum atomic E-state index is 12.6. The third-order valence-electron chi connectivity index (χ3n) is 3.66. The molecule has 3 heteroatoms. The largest absolute Gasteiger partial charge is 0.383 e. The van der Waals surface area contributed by atoms with Crippen molar-refractivity contribution in [3.63, 3.8) is 0 Å². The number of nitrogens with one attached hydrogen (secondary N) is 1. The number of carbonyl (C=O) groups is 1. The summed E-state index contributed by atoms with van der Waals surface area (Å²) >= 11 is 0. The van der Waals surface area contributed by atoms with E-state index in [0.717, 1.165) is 16.9 Å². The van der Waals surface area contributed by atoms with Gasteiger partial charge in [0.15, 0.2) is 0 Å². The zero-order valence-electron chi connectivity index (χ0n) is 11.5. The molecule has 1 amide bonds. The highest BCUT2D eigenvalue weighted by Crippen LogP contribution is 2.31. The minimum atomic E-state index is -0.0221. The molecule has 2 aromatic carbocycles. The van der Waals surface area contributed by atoms with Crippen molar-refractivity contribution >= 4 is 17.3 Å². The molecule has 0 radical (unpaired) electrons. The molecular weight excluding hydrogens is 248 g/mol. The third kappa shape index (κ3) is 2.39. The van der Waals surface area contributed by atoms with Crippen LogP contribution in [-0.4, -0.2) is 12.5 Å². The highest BCUT2D eigenvalue weighted by Gasteiger charge is 2.27. The number of hydrogen-bond acceptors (Lipinski definition) is 2. The third-order valence-corrected chi connectivity index (χ3v) is 3.66. The van der Waals surface area contributed by atoms with Crippen LogP contribution in [0.15, 0.2) is 54.6 Å². The van der Waals surface area contributed by atoms with E-state index in [2.05, 4.69) is 17.4 Å². The first-order valence-electron chi connectivity index (χ1n) is 6.94. The lowest BCUT2D eigenvalue weighted by atomic mass is 10.1. The summed E-state index contributed by atoms with van der Waals surface area (Å²) in [5.74, 6) is 0.150. The number of benzene rings is 2. The summed E-state index contributed by atoms with van der Waals surface area (Å²) in [6.07, 6.45) is 0. The van der Waals surface area contributed by atoms with Crippen LogP contribution in [0.2, 0.25) is 0 Å². The Balaban J connectivity index is 1.99. The van der Waals surface area contributed by atoms with Crippen molar-refractivity contribution in [3.05, 3.63) is 60.2 Å². The molecule has 0 spiro atoms. The number of amides is 1. The molecule has 1 atom stereocenters. The van der Waals surface area contributed by atoms with Crippen LogP contribution in [0.25, 0.3) is 0 Å². The average molecular weight is 266 g/mol. The van der Waals surface area contributed by atoms with Crippen molar-refractivity contribution in [2.45, 2.75) is 13.5 Å². The van der Waals surface area contributed by atoms with Gasteiger partial charge in [-0.2, -0.15) is 0 Å². The Labute approximate surface area is 119 Å². The van der Waals surface area contributed by atoms with Crippen LogP contribution in [0.3, 0.4) is 0 Å². The minimum Gasteiger partial charge on any atom is -0.383 e. The van der Waals surface area contributed by atoms with Crippen molar-refractivity contribution < 1.29 is 4.79 Å². The number of fused-ring (bicyclic) bond motifs is 1. The number of nitrogens with zero attached hydrogens (tertiary/aromatic N) is 1. The summed E-state index contributed by atoms with van der Waals surface area (Å²) in [5, 5.41) is 3.36. The molecule has 0 saturated heterocycles. The SMILES string of the molecule is C[C@@H]1CNc2ccccc2N(Cc2ccccc2)C1=O. The van der Waals surface area contributed by atoms with E-state index in [1.54, 1.807) is 0 Å². The molecule has 1 aliphatic heterocycles. The molecule has 1 heterocycles. The fraction of sp³-hybridized carbons (Fsp3) is 0.235. The monoisotopic (exact) mass is 266 g/mol. The van der Waals surface area contributed by atoms with Gasteiger partial charge in [-0.25, -0.2) is 0 Å². The Morgan fingerprint density at radius 3 is 2.60 bits per heavy atom. The Bertz CT molecular complexity index is 609. The first kappa shape index (κ1) is 12.7. The van der Waals surface area contributed by atoms with Crippen molar-refractivity contribution in [2.75, 3.05) is 16.8 Å². The van der Waals surface area contributed by atoms with Crippen LogP contribution < -0.4 is 10.2 Å². The van der Waals surface area contributed by atoms with E-state index in [-0.39, 0.29) is 11.8 Å². The lowest BCUT2D eigenvalue weighted by molar-refractivity contribution is -0.121. The molecule has 0 saturated carbocycles. The number of anilines is 2. The van der Waals surface area contributed by atoms with Gasteiger partial charge in [0.2, 0.25) is 5.91 Å².